The fourth-order valence-corrected chi connectivity index (χ4v) is 1.40. The fourth-order valence-electron chi connectivity index (χ4n) is 1.40. The zero-order valence-corrected chi connectivity index (χ0v) is 10.8. The van der Waals surface area contributed by atoms with E-state index in [2.05, 4.69) is 26.5 Å². The van der Waals surface area contributed by atoms with Crippen LogP contribution in [-0.2, 0) is 0 Å². The Kier molecular flexibility index (Phi) is 5.76. The molecule has 0 atom stereocenters. The van der Waals surface area contributed by atoms with Gasteiger partial charge in [-0.3, -0.25) is 0 Å². The molecule has 1 aromatic heterocycles. The van der Waals surface area contributed by atoms with E-state index >= 15 is 0 Å². The fraction of sp³-hybridized carbons (Fsp3) is 0.429. The van der Waals surface area contributed by atoms with Crippen LogP contribution in [0.15, 0.2) is 22.1 Å². The molecule has 1 rings (SSSR count). The quantitative estimate of drug-likeness (QED) is 0.688. The summed E-state index contributed by atoms with van der Waals surface area (Å²) in [6.07, 6.45) is 2.10. The third kappa shape index (κ3) is 4.20. The van der Waals surface area contributed by atoms with Gasteiger partial charge in [0.15, 0.2) is 0 Å². The molecule has 0 aliphatic rings. The van der Waals surface area contributed by atoms with Gasteiger partial charge in [0, 0.05) is 5.22 Å². The molecule has 0 spiro atoms. The topological polar surface area (TPSA) is 13.1 Å². The zero-order valence-electron chi connectivity index (χ0n) is 10.8. The molecule has 0 fully saturated rings. The third-order valence-corrected chi connectivity index (χ3v) is 1.80. The van der Waals surface area contributed by atoms with Gasteiger partial charge < -0.3 is 4.42 Å². The van der Waals surface area contributed by atoms with Gasteiger partial charge in [0.1, 0.15) is 11.2 Å². The Morgan fingerprint density at radius 2 is 1.80 bits per heavy atom. The lowest BCUT2D eigenvalue weighted by atomic mass is 10.2. The van der Waals surface area contributed by atoms with Crippen LogP contribution in [0.4, 0.5) is 0 Å². The molecule has 1 heteroatoms. The van der Waals surface area contributed by atoms with Crippen molar-refractivity contribution < 1.29 is 4.42 Å². The Labute approximate surface area is 92.8 Å². The van der Waals surface area contributed by atoms with E-state index in [1.54, 1.807) is 0 Å². The Hall–Kier alpha value is -1.24. The maximum absolute atomic E-state index is 5.53. The summed E-state index contributed by atoms with van der Waals surface area (Å²) < 4.78 is 5.53. The third-order valence-electron chi connectivity index (χ3n) is 1.80. The van der Waals surface area contributed by atoms with Gasteiger partial charge in [0.25, 0.3) is 0 Å². The lowest BCUT2D eigenvalue weighted by Crippen LogP contribution is -2.19. The Bertz CT molecular complexity index is 428. The van der Waals surface area contributed by atoms with Gasteiger partial charge in [-0.1, -0.05) is 32.1 Å². The normalized spacial score (nSPS) is 11.3. The first-order valence-electron chi connectivity index (χ1n) is 5.42. The SMILES string of the molecule is C=c1cc(C)o/c1=C(\C)C=C(C)C.CC. The van der Waals surface area contributed by atoms with Crippen molar-refractivity contribution in [2.45, 2.75) is 41.5 Å². The Morgan fingerprint density at radius 1 is 1.27 bits per heavy atom. The summed E-state index contributed by atoms with van der Waals surface area (Å²) in [6, 6.07) is 1.96. The molecule has 0 aliphatic heterocycles. The van der Waals surface area contributed by atoms with Crippen molar-refractivity contribution in [2.24, 2.45) is 0 Å². The summed E-state index contributed by atoms with van der Waals surface area (Å²) >= 11 is 0. The van der Waals surface area contributed by atoms with Gasteiger partial charge in [0.05, 0.1) is 0 Å². The second-order valence-electron chi connectivity index (χ2n) is 3.62. The molecule has 1 heterocycles. The van der Waals surface area contributed by atoms with Gasteiger partial charge in [-0.05, 0) is 39.3 Å². The molecule has 15 heavy (non-hydrogen) atoms. The van der Waals surface area contributed by atoms with Crippen LogP contribution in [0, 0.1) is 6.92 Å². The van der Waals surface area contributed by atoms with Crippen LogP contribution in [0.5, 0.6) is 0 Å². The lowest BCUT2D eigenvalue weighted by Gasteiger charge is -1.90. The standard InChI is InChI=1S/C12H16O.C2H6/c1-8(2)6-9(3)12-10(4)7-11(5)13-12;1-2/h6-7H,4H2,1-3,5H3;1-2H3/b12-9+;. The van der Waals surface area contributed by atoms with Crippen LogP contribution in [-0.4, -0.2) is 0 Å². The maximum atomic E-state index is 5.53. The molecule has 0 amide bonds. The van der Waals surface area contributed by atoms with E-state index < -0.39 is 0 Å². The number of hydrogen-bond acceptors (Lipinski definition) is 1. The number of aryl methyl sites for hydroxylation is 1. The first-order chi connectivity index (χ1) is 7.00. The van der Waals surface area contributed by atoms with Crippen LogP contribution in [0.25, 0.3) is 12.2 Å². The highest BCUT2D eigenvalue weighted by atomic mass is 16.3. The minimum Gasteiger partial charge on any atom is -0.461 e. The molecular formula is C14H22O. The van der Waals surface area contributed by atoms with Gasteiger partial charge in [-0.2, -0.15) is 0 Å². The Balaban J connectivity index is 0.000000921. The maximum Gasteiger partial charge on any atom is 0.136 e. The predicted molar refractivity (Wildman–Crippen MR) is 68.1 cm³/mol. The number of allylic oxidation sites excluding steroid dienone is 2. The summed E-state index contributed by atoms with van der Waals surface area (Å²) in [5.41, 5.74) is 3.31. The lowest BCUT2D eigenvalue weighted by molar-refractivity contribution is 0.499. The van der Waals surface area contributed by atoms with Crippen molar-refractivity contribution in [1.82, 2.24) is 0 Å². The van der Waals surface area contributed by atoms with E-state index in [0.717, 1.165) is 22.0 Å². The number of furan rings is 1. The second-order valence-corrected chi connectivity index (χ2v) is 3.62. The molecule has 0 unspecified atom stereocenters. The molecule has 0 aromatic carbocycles. The summed E-state index contributed by atoms with van der Waals surface area (Å²) in [5, 5.41) is 0.965. The van der Waals surface area contributed by atoms with E-state index in [4.69, 9.17) is 4.42 Å². The molecule has 0 bridgehead atoms. The van der Waals surface area contributed by atoms with Crippen molar-refractivity contribution in [1.29, 1.82) is 0 Å². The van der Waals surface area contributed by atoms with E-state index in [-0.39, 0.29) is 0 Å². The average Bonchev–Trinajstić information content (AvgIpc) is 2.47. The summed E-state index contributed by atoms with van der Waals surface area (Å²) in [6.45, 7) is 16.0. The molecule has 84 valence electrons. The van der Waals surface area contributed by atoms with Crippen LogP contribution >= 0.6 is 0 Å². The molecule has 0 N–H and O–H groups in total. The molecular weight excluding hydrogens is 184 g/mol. The van der Waals surface area contributed by atoms with Crippen molar-refractivity contribution in [3.05, 3.63) is 34.1 Å². The van der Waals surface area contributed by atoms with Crippen LogP contribution < -0.4 is 10.6 Å². The minimum atomic E-state index is 0.902. The zero-order chi connectivity index (χ0) is 12.0. The molecule has 0 radical (unpaired) electrons. The van der Waals surface area contributed by atoms with Gasteiger partial charge in [-0.25, -0.2) is 0 Å². The summed E-state index contributed by atoms with van der Waals surface area (Å²) in [5.74, 6) is 0.918. The number of rotatable bonds is 1. The van der Waals surface area contributed by atoms with Crippen molar-refractivity contribution >= 4 is 12.2 Å². The van der Waals surface area contributed by atoms with E-state index in [9.17, 15) is 0 Å². The van der Waals surface area contributed by atoms with Crippen molar-refractivity contribution in [2.75, 3.05) is 0 Å². The molecule has 0 saturated carbocycles. The van der Waals surface area contributed by atoms with E-state index in [1.165, 1.54) is 5.57 Å². The van der Waals surface area contributed by atoms with Gasteiger partial charge in [-0.15, -0.1) is 0 Å². The van der Waals surface area contributed by atoms with E-state index in [1.807, 2.05) is 33.8 Å². The largest absolute Gasteiger partial charge is 0.461 e. The first-order valence-corrected chi connectivity index (χ1v) is 5.42. The Morgan fingerprint density at radius 3 is 2.13 bits per heavy atom. The summed E-state index contributed by atoms with van der Waals surface area (Å²) in [4.78, 5) is 0. The predicted octanol–water partition coefficient (Wildman–Crippen LogP) is 3.16. The van der Waals surface area contributed by atoms with Crippen molar-refractivity contribution in [3.8, 4) is 0 Å². The first kappa shape index (κ1) is 13.8. The second kappa shape index (κ2) is 6.28. The highest BCUT2D eigenvalue weighted by Crippen LogP contribution is 1.99. The summed E-state index contributed by atoms with van der Waals surface area (Å²) in [7, 11) is 0. The van der Waals surface area contributed by atoms with Crippen LogP contribution in [0.2, 0.25) is 0 Å². The number of hydrogen-bond donors (Lipinski definition) is 0. The average molecular weight is 206 g/mol. The molecule has 1 aromatic rings. The minimum absolute atomic E-state index is 0.902. The monoisotopic (exact) mass is 206 g/mol. The van der Waals surface area contributed by atoms with Gasteiger partial charge in [0.2, 0.25) is 0 Å². The molecule has 1 nitrogen and oxygen atoms in total. The highest BCUT2D eigenvalue weighted by Gasteiger charge is 1.95. The van der Waals surface area contributed by atoms with Crippen LogP contribution in [0.3, 0.4) is 0 Å². The van der Waals surface area contributed by atoms with Gasteiger partial charge >= 0.3 is 0 Å². The highest BCUT2D eigenvalue weighted by molar-refractivity contribution is 5.53. The van der Waals surface area contributed by atoms with Crippen molar-refractivity contribution in [3.63, 3.8) is 0 Å². The van der Waals surface area contributed by atoms with E-state index in [0.29, 0.717) is 0 Å². The smallest absolute Gasteiger partial charge is 0.136 e. The molecule has 0 saturated heterocycles. The van der Waals surface area contributed by atoms with Crippen LogP contribution in [0.1, 0.15) is 40.4 Å². The molecule has 0 aliphatic carbocycles.